The number of hydrazine groups is 1. The molecular weight excluding hydrogens is 216 g/mol. The molecule has 104 valence electrons. The van der Waals surface area contributed by atoms with E-state index >= 15 is 0 Å². The van der Waals surface area contributed by atoms with Gasteiger partial charge in [-0.25, -0.2) is 0 Å². The zero-order valence-corrected chi connectivity index (χ0v) is 11.7. The van der Waals surface area contributed by atoms with Crippen molar-refractivity contribution in [1.29, 1.82) is 0 Å². The van der Waals surface area contributed by atoms with E-state index in [4.69, 9.17) is 4.74 Å². The van der Waals surface area contributed by atoms with Gasteiger partial charge < -0.3 is 9.84 Å². The molecule has 17 heavy (non-hydrogen) atoms. The van der Waals surface area contributed by atoms with Crippen molar-refractivity contribution >= 4 is 0 Å². The lowest BCUT2D eigenvalue weighted by molar-refractivity contribution is 0.0273. The summed E-state index contributed by atoms with van der Waals surface area (Å²) in [6, 6.07) is 0. The van der Waals surface area contributed by atoms with Crippen molar-refractivity contribution in [3.8, 4) is 0 Å². The Bertz CT molecular complexity index is 154. The van der Waals surface area contributed by atoms with Gasteiger partial charge in [-0.3, -0.25) is 10.4 Å². The average molecular weight is 246 g/mol. The van der Waals surface area contributed by atoms with Crippen LogP contribution in [0, 0.1) is 0 Å². The fourth-order valence-electron chi connectivity index (χ4n) is 1.55. The number of unbranched alkanes of at least 4 members (excludes halogenated alkanes) is 5. The van der Waals surface area contributed by atoms with Crippen LogP contribution in [0.1, 0.15) is 45.4 Å². The van der Waals surface area contributed by atoms with Crippen LogP contribution >= 0.6 is 0 Å². The molecule has 0 rings (SSSR count). The summed E-state index contributed by atoms with van der Waals surface area (Å²) >= 11 is 0. The number of ether oxygens (including phenoxy) is 1. The zero-order valence-electron chi connectivity index (χ0n) is 11.7. The van der Waals surface area contributed by atoms with Crippen LogP contribution < -0.4 is 5.43 Å². The highest BCUT2D eigenvalue weighted by molar-refractivity contribution is 4.55. The van der Waals surface area contributed by atoms with Crippen LogP contribution in [-0.4, -0.2) is 50.1 Å². The van der Waals surface area contributed by atoms with Gasteiger partial charge in [-0.05, 0) is 6.42 Å². The fourth-order valence-corrected chi connectivity index (χ4v) is 1.55. The Balaban J connectivity index is 3.11. The molecule has 0 aromatic carbocycles. The summed E-state index contributed by atoms with van der Waals surface area (Å²) in [5.41, 5.74) is 3.02. The molecule has 0 radical (unpaired) electrons. The lowest BCUT2D eigenvalue weighted by Gasteiger charge is -2.16. The summed E-state index contributed by atoms with van der Waals surface area (Å²) in [6.07, 6.45) is 7.21. The molecule has 4 nitrogen and oxygen atoms in total. The fraction of sp³-hybridized carbons (Fsp3) is 1.00. The van der Waals surface area contributed by atoms with Crippen LogP contribution in [0.25, 0.3) is 0 Å². The summed E-state index contributed by atoms with van der Waals surface area (Å²) in [5.74, 6) is 0. The summed E-state index contributed by atoms with van der Waals surface area (Å²) in [7, 11) is 3.81. The SMILES string of the molecule is CCCCCCCCOCC(O)CNN(C)C. The number of nitrogens with zero attached hydrogens (tertiary/aromatic N) is 1. The van der Waals surface area contributed by atoms with Gasteiger partial charge in [0, 0.05) is 27.2 Å². The van der Waals surface area contributed by atoms with Gasteiger partial charge in [-0.1, -0.05) is 39.0 Å². The summed E-state index contributed by atoms with van der Waals surface area (Å²) in [6.45, 7) is 3.97. The molecule has 0 bridgehead atoms. The predicted octanol–water partition coefficient (Wildman–Crippen LogP) is 1.79. The van der Waals surface area contributed by atoms with Crippen LogP contribution in [0.5, 0.6) is 0 Å². The van der Waals surface area contributed by atoms with E-state index in [1.807, 2.05) is 19.1 Å². The maximum Gasteiger partial charge on any atom is 0.0911 e. The monoisotopic (exact) mass is 246 g/mol. The molecule has 0 saturated heterocycles. The molecule has 0 aromatic heterocycles. The molecule has 0 fully saturated rings. The number of hydrogen-bond donors (Lipinski definition) is 2. The van der Waals surface area contributed by atoms with Gasteiger partial charge in [0.15, 0.2) is 0 Å². The first-order valence-electron chi connectivity index (χ1n) is 6.83. The summed E-state index contributed by atoms with van der Waals surface area (Å²) in [4.78, 5) is 0. The molecule has 0 amide bonds. The molecular formula is C13H30N2O2. The van der Waals surface area contributed by atoms with Crippen molar-refractivity contribution in [2.45, 2.75) is 51.6 Å². The van der Waals surface area contributed by atoms with Crippen molar-refractivity contribution in [3.05, 3.63) is 0 Å². The predicted molar refractivity (Wildman–Crippen MR) is 71.9 cm³/mol. The first-order chi connectivity index (χ1) is 8.16. The van der Waals surface area contributed by atoms with Gasteiger partial charge in [0.25, 0.3) is 0 Å². The van der Waals surface area contributed by atoms with Crippen molar-refractivity contribution in [2.75, 3.05) is 33.9 Å². The molecule has 1 unspecified atom stereocenters. The minimum absolute atomic E-state index is 0.419. The molecule has 2 N–H and O–H groups in total. The van der Waals surface area contributed by atoms with Gasteiger partial charge in [0.05, 0.1) is 12.7 Å². The number of hydrogen-bond acceptors (Lipinski definition) is 4. The average Bonchev–Trinajstić information content (AvgIpc) is 2.30. The zero-order chi connectivity index (χ0) is 12.9. The molecule has 0 aromatic rings. The normalized spacial score (nSPS) is 13.2. The van der Waals surface area contributed by atoms with E-state index in [9.17, 15) is 5.11 Å². The second-order valence-electron chi connectivity index (χ2n) is 4.75. The van der Waals surface area contributed by atoms with Crippen LogP contribution in [0.4, 0.5) is 0 Å². The first-order valence-corrected chi connectivity index (χ1v) is 6.83. The number of rotatable bonds is 12. The first kappa shape index (κ1) is 16.8. The lowest BCUT2D eigenvalue weighted by Crippen LogP contribution is -2.38. The second kappa shape index (κ2) is 12.3. The molecule has 0 saturated carbocycles. The minimum Gasteiger partial charge on any atom is -0.389 e. The van der Waals surface area contributed by atoms with Crippen LogP contribution in [0.15, 0.2) is 0 Å². The molecule has 0 aliphatic rings. The van der Waals surface area contributed by atoms with Crippen molar-refractivity contribution in [2.24, 2.45) is 0 Å². The van der Waals surface area contributed by atoms with E-state index in [1.54, 1.807) is 0 Å². The topological polar surface area (TPSA) is 44.7 Å². The highest BCUT2D eigenvalue weighted by Crippen LogP contribution is 2.04. The molecule has 0 aliphatic heterocycles. The Hall–Kier alpha value is -0.160. The molecule has 1 atom stereocenters. The summed E-state index contributed by atoms with van der Waals surface area (Å²) < 4.78 is 5.43. The number of nitrogens with one attached hydrogen (secondary N) is 1. The van der Waals surface area contributed by atoms with Crippen LogP contribution in [0.3, 0.4) is 0 Å². The van der Waals surface area contributed by atoms with Gasteiger partial charge >= 0.3 is 0 Å². The second-order valence-corrected chi connectivity index (χ2v) is 4.75. The Labute approximate surface area is 106 Å². The Morgan fingerprint density at radius 1 is 1.12 bits per heavy atom. The quantitative estimate of drug-likeness (QED) is 0.407. The molecule has 4 heteroatoms. The number of aliphatic hydroxyl groups excluding tert-OH is 1. The maximum atomic E-state index is 9.56. The molecule has 0 aliphatic carbocycles. The Kier molecular flexibility index (Phi) is 12.2. The van der Waals surface area contributed by atoms with Gasteiger partial charge in [0.2, 0.25) is 0 Å². The van der Waals surface area contributed by atoms with E-state index in [1.165, 1.54) is 32.1 Å². The standard InChI is InChI=1S/C13H30N2O2/c1-4-5-6-7-8-9-10-17-12-13(16)11-14-15(2)3/h13-14,16H,4-12H2,1-3H3. The Morgan fingerprint density at radius 3 is 2.41 bits per heavy atom. The van der Waals surface area contributed by atoms with E-state index in [2.05, 4.69) is 12.3 Å². The van der Waals surface area contributed by atoms with Crippen molar-refractivity contribution in [1.82, 2.24) is 10.4 Å². The van der Waals surface area contributed by atoms with E-state index in [0.29, 0.717) is 13.2 Å². The van der Waals surface area contributed by atoms with E-state index in [-0.39, 0.29) is 0 Å². The van der Waals surface area contributed by atoms with Gasteiger partial charge in [-0.2, -0.15) is 0 Å². The third-order valence-electron chi connectivity index (χ3n) is 2.60. The third kappa shape index (κ3) is 13.8. The lowest BCUT2D eigenvalue weighted by atomic mass is 10.1. The molecule has 0 heterocycles. The highest BCUT2D eigenvalue weighted by Gasteiger charge is 2.03. The number of aliphatic hydroxyl groups is 1. The van der Waals surface area contributed by atoms with Crippen molar-refractivity contribution < 1.29 is 9.84 Å². The minimum atomic E-state index is -0.419. The third-order valence-corrected chi connectivity index (χ3v) is 2.60. The van der Waals surface area contributed by atoms with Crippen LogP contribution in [0.2, 0.25) is 0 Å². The van der Waals surface area contributed by atoms with E-state index < -0.39 is 6.10 Å². The van der Waals surface area contributed by atoms with Crippen molar-refractivity contribution in [3.63, 3.8) is 0 Å². The molecule has 0 spiro atoms. The Morgan fingerprint density at radius 2 is 1.76 bits per heavy atom. The highest BCUT2D eigenvalue weighted by atomic mass is 16.5. The summed E-state index contributed by atoms with van der Waals surface area (Å²) in [5, 5.41) is 11.4. The smallest absolute Gasteiger partial charge is 0.0911 e. The van der Waals surface area contributed by atoms with Gasteiger partial charge in [0.1, 0.15) is 0 Å². The maximum absolute atomic E-state index is 9.56. The van der Waals surface area contributed by atoms with Crippen LogP contribution in [-0.2, 0) is 4.74 Å². The van der Waals surface area contributed by atoms with E-state index in [0.717, 1.165) is 13.0 Å². The largest absolute Gasteiger partial charge is 0.389 e. The van der Waals surface area contributed by atoms with Gasteiger partial charge in [-0.15, -0.1) is 0 Å².